The van der Waals surface area contributed by atoms with Gasteiger partial charge in [-0.1, -0.05) is 6.92 Å². The summed E-state index contributed by atoms with van der Waals surface area (Å²) in [5.41, 5.74) is 1.35. The SMILES string of the molecule is CCc1nnc2cc(C#N)ccn12. The van der Waals surface area contributed by atoms with Crippen molar-refractivity contribution < 1.29 is 0 Å². The zero-order valence-electron chi connectivity index (χ0n) is 7.23. The maximum Gasteiger partial charge on any atom is 0.162 e. The summed E-state index contributed by atoms with van der Waals surface area (Å²) in [6.45, 7) is 2.02. The molecule has 0 spiro atoms. The monoisotopic (exact) mass is 172 g/mol. The van der Waals surface area contributed by atoms with E-state index in [1.54, 1.807) is 12.1 Å². The standard InChI is InChI=1S/C9H8N4/c1-2-8-11-12-9-5-7(6-10)3-4-13(8)9/h3-5H,2H2,1H3. The van der Waals surface area contributed by atoms with Crippen LogP contribution < -0.4 is 0 Å². The van der Waals surface area contributed by atoms with Gasteiger partial charge in [-0.2, -0.15) is 5.26 Å². The molecule has 4 nitrogen and oxygen atoms in total. The lowest BCUT2D eigenvalue weighted by Crippen LogP contribution is -1.91. The van der Waals surface area contributed by atoms with E-state index in [-0.39, 0.29) is 0 Å². The lowest BCUT2D eigenvalue weighted by atomic mass is 10.3. The van der Waals surface area contributed by atoms with Gasteiger partial charge in [0.1, 0.15) is 5.82 Å². The summed E-state index contributed by atoms with van der Waals surface area (Å²) in [5, 5.41) is 16.6. The number of nitrogens with zero attached hydrogens (tertiary/aromatic N) is 4. The van der Waals surface area contributed by atoms with E-state index in [1.807, 2.05) is 17.5 Å². The topological polar surface area (TPSA) is 54.0 Å². The molecule has 0 saturated heterocycles. The van der Waals surface area contributed by atoms with Gasteiger partial charge >= 0.3 is 0 Å². The van der Waals surface area contributed by atoms with Crippen molar-refractivity contribution in [2.24, 2.45) is 0 Å². The van der Waals surface area contributed by atoms with Crippen molar-refractivity contribution in [1.29, 1.82) is 5.26 Å². The lowest BCUT2D eigenvalue weighted by molar-refractivity contribution is 0.909. The van der Waals surface area contributed by atoms with Crippen LogP contribution in [0, 0.1) is 11.3 Å². The third kappa shape index (κ3) is 1.14. The highest BCUT2D eigenvalue weighted by atomic mass is 15.2. The summed E-state index contributed by atoms with van der Waals surface area (Å²) < 4.78 is 1.89. The van der Waals surface area contributed by atoms with E-state index in [9.17, 15) is 0 Å². The first-order chi connectivity index (χ1) is 6.35. The van der Waals surface area contributed by atoms with Crippen LogP contribution >= 0.6 is 0 Å². The predicted octanol–water partition coefficient (Wildman–Crippen LogP) is 1.16. The third-order valence-electron chi connectivity index (χ3n) is 1.93. The van der Waals surface area contributed by atoms with Crippen molar-refractivity contribution >= 4 is 5.65 Å². The molecule has 64 valence electrons. The predicted molar refractivity (Wildman–Crippen MR) is 47.1 cm³/mol. The molecular formula is C9H8N4. The summed E-state index contributed by atoms with van der Waals surface area (Å²) in [6.07, 6.45) is 2.67. The Labute approximate surface area is 75.4 Å². The molecule has 0 unspecified atom stereocenters. The largest absolute Gasteiger partial charge is 0.286 e. The molecule has 0 atom stereocenters. The smallest absolute Gasteiger partial charge is 0.162 e. The zero-order chi connectivity index (χ0) is 9.26. The van der Waals surface area contributed by atoms with Gasteiger partial charge in [-0.3, -0.25) is 4.40 Å². The van der Waals surface area contributed by atoms with Crippen LogP contribution in [0.25, 0.3) is 5.65 Å². The summed E-state index contributed by atoms with van der Waals surface area (Å²) in [7, 11) is 0. The number of fused-ring (bicyclic) bond motifs is 1. The first kappa shape index (κ1) is 7.74. The second-order valence-electron chi connectivity index (χ2n) is 2.73. The van der Waals surface area contributed by atoms with Crippen LogP contribution in [0.1, 0.15) is 18.3 Å². The molecule has 0 amide bonds. The molecule has 0 aliphatic heterocycles. The molecule has 4 heteroatoms. The minimum absolute atomic E-state index is 0.613. The summed E-state index contributed by atoms with van der Waals surface area (Å²) >= 11 is 0. The second-order valence-corrected chi connectivity index (χ2v) is 2.73. The first-order valence-corrected chi connectivity index (χ1v) is 4.09. The van der Waals surface area contributed by atoms with Gasteiger partial charge in [0.2, 0.25) is 0 Å². The Bertz CT molecular complexity index is 478. The van der Waals surface area contributed by atoms with E-state index < -0.39 is 0 Å². The fourth-order valence-electron chi connectivity index (χ4n) is 1.25. The third-order valence-corrected chi connectivity index (χ3v) is 1.93. The van der Waals surface area contributed by atoms with Crippen molar-refractivity contribution in [3.63, 3.8) is 0 Å². The number of hydrogen-bond acceptors (Lipinski definition) is 3. The average molecular weight is 172 g/mol. The second kappa shape index (κ2) is 2.87. The number of pyridine rings is 1. The Morgan fingerprint density at radius 1 is 1.54 bits per heavy atom. The van der Waals surface area contributed by atoms with E-state index in [0.717, 1.165) is 17.9 Å². The fraction of sp³-hybridized carbons (Fsp3) is 0.222. The number of aromatic nitrogens is 3. The van der Waals surface area contributed by atoms with Gasteiger partial charge < -0.3 is 0 Å². The summed E-state index contributed by atoms with van der Waals surface area (Å²) in [6, 6.07) is 5.55. The average Bonchev–Trinajstić information content (AvgIpc) is 2.59. The summed E-state index contributed by atoms with van der Waals surface area (Å²) in [4.78, 5) is 0. The maximum atomic E-state index is 8.65. The molecular weight excluding hydrogens is 164 g/mol. The highest BCUT2D eigenvalue weighted by Gasteiger charge is 2.02. The zero-order valence-corrected chi connectivity index (χ0v) is 7.23. The fourth-order valence-corrected chi connectivity index (χ4v) is 1.25. The van der Waals surface area contributed by atoms with Crippen molar-refractivity contribution in [2.45, 2.75) is 13.3 Å². The lowest BCUT2D eigenvalue weighted by Gasteiger charge is -1.94. The first-order valence-electron chi connectivity index (χ1n) is 4.09. The molecule has 0 aliphatic rings. The molecule has 2 heterocycles. The van der Waals surface area contributed by atoms with Crippen LogP contribution in [0.5, 0.6) is 0 Å². The number of rotatable bonds is 1. The Morgan fingerprint density at radius 3 is 3.08 bits per heavy atom. The quantitative estimate of drug-likeness (QED) is 0.648. The Hall–Kier alpha value is -1.89. The molecule has 0 radical (unpaired) electrons. The molecule has 0 aliphatic carbocycles. The molecule has 2 aromatic rings. The van der Waals surface area contributed by atoms with Crippen LogP contribution in [0.15, 0.2) is 18.3 Å². The van der Waals surface area contributed by atoms with E-state index in [2.05, 4.69) is 16.3 Å². The highest BCUT2D eigenvalue weighted by molar-refractivity contribution is 5.45. The summed E-state index contributed by atoms with van der Waals surface area (Å²) in [5.74, 6) is 0.916. The van der Waals surface area contributed by atoms with Crippen LogP contribution in [-0.2, 0) is 6.42 Å². The Balaban J connectivity index is 2.70. The van der Waals surface area contributed by atoms with Gasteiger partial charge in [0.25, 0.3) is 0 Å². The van der Waals surface area contributed by atoms with Crippen molar-refractivity contribution in [3.8, 4) is 6.07 Å². The van der Waals surface area contributed by atoms with Crippen LogP contribution in [-0.4, -0.2) is 14.6 Å². The number of aryl methyl sites for hydroxylation is 1. The molecule has 0 saturated carbocycles. The van der Waals surface area contributed by atoms with Crippen molar-refractivity contribution in [1.82, 2.24) is 14.6 Å². The maximum absolute atomic E-state index is 8.65. The van der Waals surface area contributed by atoms with Crippen LogP contribution in [0.4, 0.5) is 0 Å². The highest BCUT2D eigenvalue weighted by Crippen LogP contribution is 2.06. The molecule has 0 bridgehead atoms. The van der Waals surface area contributed by atoms with Crippen LogP contribution in [0.2, 0.25) is 0 Å². The van der Waals surface area contributed by atoms with E-state index >= 15 is 0 Å². The molecule has 0 fully saturated rings. The normalized spacial score (nSPS) is 10.2. The molecule has 2 rings (SSSR count). The van der Waals surface area contributed by atoms with Crippen LogP contribution in [0.3, 0.4) is 0 Å². The Morgan fingerprint density at radius 2 is 2.38 bits per heavy atom. The van der Waals surface area contributed by atoms with E-state index in [4.69, 9.17) is 5.26 Å². The molecule has 13 heavy (non-hydrogen) atoms. The van der Waals surface area contributed by atoms with Gasteiger partial charge in [-0.15, -0.1) is 10.2 Å². The number of nitriles is 1. The molecule has 2 aromatic heterocycles. The van der Waals surface area contributed by atoms with Gasteiger partial charge in [0, 0.05) is 18.7 Å². The minimum Gasteiger partial charge on any atom is -0.286 e. The molecule has 0 aromatic carbocycles. The minimum atomic E-state index is 0.613. The van der Waals surface area contributed by atoms with Gasteiger partial charge in [0.05, 0.1) is 11.6 Å². The Kier molecular flexibility index (Phi) is 1.71. The number of hydrogen-bond donors (Lipinski definition) is 0. The van der Waals surface area contributed by atoms with Crippen molar-refractivity contribution in [3.05, 3.63) is 29.7 Å². The van der Waals surface area contributed by atoms with Crippen molar-refractivity contribution in [2.75, 3.05) is 0 Å². The van der Waals surface area contributed by atoms with Gasteiger partial charge in [-0.05, 0) is 6.07 Å². The van der Waals surface area contributed by atoms with E-state index in [1.165, 1.54) is 0 Å². The van der Waals surface area contributed by atoms with Gasteiger partial charge in [-0.25, -0.2) is 0 Å². The van der Waals surface area contributed by atoms with E-state index in [0.29, 0.717) is 5.56 Å². The molecule has 0 N–H and O–H groups in total. The van der Waals surface area contributed by atoms with Gasteiger partial charge in [0.15, 0.2) is 5.65 Å².